The lowest BCUT2D eigenvalue weighted by molar-refractivity contribution is -0.131. The van der Waals surface area contributed by atoms with Crippen molar-refractivity contribution in [3.63, 3.8) is 0 Å². The molecule has 0 aromatic carbocycles. The molecule has 3 heterocycles. The second-order valence-corrected chi connectivity index (χ2v) is 5.03. The molecule has 0 radical (unpaired) electrons. The van der Waals surface area contributed by atoms with E-state index in [1.165, 1.54) is 4.90 Å². The van der Waals surface area contributed by atoms with Gasteiger partial charge in [0.25, 0.3) is 5.91 Å². The molecule has 1 aromatic rings. The van der Waals surface area contributed by atoms with Gasteiger partial charge < -0.3 is 10.6 Å². The Morgan fingerprint density at radius 2 is 2.32 bits per heavy atom. The molecule has 1 spiro atoms. The zero-order chi connectivity index (χ0) is 13.5. The highest BCUT2D eigenvalue weighted by atomic mass is 16.2. The lowest BCUT2D eigenvalue weighted by atomic mass is 9.99. The summed E-state index contributed by atoms with van der Waals surface area (Å²) >= 11 is 0. The second-order valence-electron chi connectivity index (χ2n) is 5.03. The van der Waals surface area contributed by atoms with E-state index in [0.717, 1.165) is 18.7 Å². The van der Waals surface area contributed by atoms with Crippen molar-refractivity contribution in [1.29, 1.82) is 0 Å². The van der Waals surface area contributed by atoms with Crippen LogP contribution in [0.3, 0.4) is 0 Å². The molecule has 0 bridgehead atoms. The quantitative estimate of drug-likeness (QED) is 0.733. The van der Waals surface area contributed by atoms with Gasteiger partial charge in [-0.3, -0.25) is 14.4 Å². The molecule has 7 heteroatoms. The summed E-state index contributed by atoms with van der Waals surface area (Å²) < 4.78 is 1.78. The number of hydrogen-bond acceptors (Lipinski definition) is 4. The molecule has 3 amide bonds. The van der Waals surface area contributed by atoms with Gasteiger partial charge in [0.1, 0.15) is 5.54 Å². The average Bonchev–Trinajstić information content (AvgIpc) is 3.08. The van der Waals surface area contributed by atoms with Gasteiger partial charge in [-0.05, 0) is 19.9 Å². The Morgan fingerprint density at radius 3 is 2.95 bits per heavy atom. The van der Waals surface area contributed by atoms with Crippen molar-refractivity contribution < 1.29 is 9.59 Å². The predicted molar refractivity (Wildman–Crippen MR) is 67.2 cm³/mol. The SMILES string of the molecule is CCn1cc(CN2C(=O)NC3(CCNC3)C2=O)cn1. The number of aryl methyl sites for hydroxylation is 1. The van der Waals surface area contributed by atoms with Crippen LogP contribution in [0.1, 0.15) is 18.9 Å². The molecule has 1 unspecified atom stereocenters. The van der Waals surface area contributed by atoms with Gasteiger partial charge in [0.2, 0.25) is 0 Å². The number of rotatable bonds is 3. The molecule has 0 saturated carbocycles. The maximum absolute atomic E-state index is 12.4. The lowest BCUT2D eigenvalue weighted by Crippen LogP contribution is -2.48. The van der Waals surface area contributed by atoms with Gasteiger partial charge in [0.15, 0.2) is 0 Å². The van der Waals surface area contributed by atoms with Crippen molar-refractivity contribution in [3.8, 4) is 0 Å². The van der Waals surface area contributed by atoms with Crippen LogP contribution in [0.15, 0.2) is 12.4 Å². The molecular formula is C12H17N5O2. The van der Waals surface area contributed by atoms with Crippen LogP contribution < -0.4 is 10.6 Å². The largest absolute Gasteiger partial charge is 0.325 e. The summed E-state index contributed by atoms with van der Waals surface area (Å²) in [6.45, 7) is 4.32. The standard InChI is InChI=1S/C12H17N5O2/c1-2-16-6-9(5-14-16)7-17-10(18)12(15-11(17)19)3-4-13-8-12/h5-6,13H,2-4,7-8H2,1H3,(H,15,19). The lowest BCUT2D eigenvalue weighted by Gasteiger charge is -2.18. The Kier molecular flexibility index (Phi) is 2.78. The first-order chi connectivity index (χ1) is 9.14. The highest BCUT2D eigenvalue weighted by Gasteiger charge is 2.52. The third kappa shape index (κ3) is 1.90. The molecule has 2 aliphatic rings. The van der Waals surface area contributed by atoms with Gasteiger partial charge in [-0.15, -0.1) is 0 Å². The summed E-state index contributed by atoms with van der Waals surface area (Å²) in [5.74, 6) is -0.133. The Bertz CT molecular complexity index is 518. The zero-order valence-electron chi connectivity index (χ0n) is 10.8. The molecule has 2 fully saturated rings. The zero-order valence-corrected chi connectivity index (χ0v) is 10.8. The van der Waals surface area contributed by atoms with Crippen LogP contribution in [0, 0.1) is 0 Å². The Balaban J connectivity index is 1.77. The summed E-state index contributed by atoms with van der Waals surface area (Å²) in [4.78, 5) is 25.6. The monoisotopic (exact) mass is 263 g/mol. The van der Waals surface area contributed by atoms with Crippen LogP contribution in [0.4, 0.5) is 4.79 Å². The molecule has 0 aliphatic carbocycles. The van der Waals surface area contributed by atoms with Gasteiger partial charge in [0, 0.05) is 24.8 Å². The molecule has 2 aliphatic heterocycles. The Hall–Kier alpha value is -1.89. The fourth-order valence-electron chi connectivity index (χ4n) is 2.64. The van der Waals surface area contributed by atoms with Crippen molar-refractivity contribution >= 4 is 11.9 Å². The van der Waals surface area contributed by atoms with Crippen LogP contribution in [-0.4, -0.2) is 45.2 Å². The fourth-order valence-corrected chi connectivity index (χ4v) is 2.64. The van der Waals surface area contributed by atoms with Crippen LogP contribution in [0.2, 0.25) is 0 Å². The van der Waals surface area contributed by atoms with Crippen LogP contribution in [-0.2, 0) is 17.9 Å². The number of aromatic nitrogens is 2. The van der Waals surface area contributed by atoms with Gasteiger partial charge in [-0.1, -0.05) is 0 Å². The number of carbonyl (C=O) groups excluding carboxylic acids is 2. The number of carbonyl (C=O) groups is 2. The summed E-state index contributed by atoms with van der Waals surface area (Å²) in [5.41, 5.74) is 0.144. The fraction of sp³-hybridized carbons (Fsp3) is 0.583. The van der Waals surface area contributed by atoms with Crippen molar-refractivity contribution in [2.24, 2.45) is 0 Å². The highest BCUT2D eigenvalue weighted by Crippen LogP contribution is 2.25. The van der Waals surface area contributed by atoms with Crippen LogP contribution >= 0.6 is 0 Å². The minimum absolute atomic E-state index is 0.133. The maximum atomic E-state index is 12.4. The molecule has 1 aromatic heterocycles. The van der Waals surface area contributed by atoms with Gasteiger partial charge >= 0.3 is 6.03 Å². The smallest absolute Gasteiger partial charge is 0.322 e. The van der Waals surface area contributed by atoms with E-state index in [9.17, 15) is 9.59 Å². The molecule has 102 valence electrons. The van der Waals surface area contributed by atoms with E-state index in [0.29, 0.717) is 13.0 Å². The third-order valence-electron chi connectivity index (χ3n) is 3.75. The number of amides is 3. The van der Waals surface area contributed by atoms with Gasteiger partial charge in [-0.2, -0.15) is 5.10 Å². The maximum Gasteiger partial charge on any atom is 0.325 e. The first-order valence-corrected chi connectivity index (χ1v) is 6.51. The number of hydrogen-bond donors (Lipinski definition) is 2. The molecule has 2 N–H and O–H groups in total. The molecule has 3 rings (SSSR count). The van der Waals surface area contributed by atoms with Crippen molar-refractivity contribution in [3.05, 3.63) is 18.0 Å². The van der Waals surface area contributed by atoms with Crippen molar-refractivity contribution in [1.82, 2.24) is 25.3 Å². The second kappa shape index (κ2) is 4.34. The topological polar surface area (TPSA) is 79.3 Å². The molecular weight excluding hydrogens is 246 g/mol. The van der Waals surface area contributed by atoms with E-state index < -0.39 is 5.54 Å². The van der Waals surface area contributed by atoms with Crippen LogP contribution in [0.5, 0.6) is 0 Å². The van der Waals surface area contributed by atoms with Crippen molar-refractivity contribution in [2.75, 3.05) is 13.1 Å². The summed E-state index contributed by atoms with van der Waals surface area (Å²) in [6, 6.07) is -0.307. The third-order valence-corrected chi connectivity index (χ3v) is 3.75. The number of nitrogens with one attached hydrogen (secondary N) is 2. The average molecular weight is 263 g/mol. The van der Waals surface area contributed by atoms with E-state index in [1.807, 2.05) is 13.1 Å². The number of imide groups is 1. The van der Waals surface area contributed by atoms with Gasteiger partial charge in [0.05, 0.1) is 12.7 Å². The highest BCUT2D eigenvalue weighted by molar-refractivity contribution is 6.07. The van der Waals surface area contributed by atoms with E-state index in [-0.39, 0.29) is 18.5 Å². The molecule has 2 saturated heterocycles. The normalized spacial score (nSPS) is 26.5. The van der Waals surface area contributed by atoms with E-state index >= 15 is 0 Å². The first kappa shape index (κ1) is 12.2. The number of nitrogens with zero attached hydrogens (tertiary/aromatic N) is 3. The number of urea groups is 1. The molecule has 1 atom stereocenters. The first-order valence-electron chi connectivity index (χ1n) is 6.51. The predicted octanol–water partition coefficient (Wildman–Crippen LogP) is -0.313. The van der Waals surface area contributed by atoms with E-state index in [2.05, 4.69) is 15.7 Å². The Morgan fingerprint density at radius 1 is 1.47 bits per heavy atom. The van der Waals surface area contributed by atoms with Gasteiger partial charge in [-0.25, -0.2) is 4.79 Å². The summed E-state index contributed by atoms with van der Waals surface area (Å²) in [7, 11) is 0. The summed E-state index contributed by atoms with van der Waals surface area (Å²) in [5, 5.41) is 10.1. The van der Waals surface area contributed by atoms with Crippen LogP contribution in [0.25, 0.3) is 0 Å². The minimum Gasteiger partial charge on any atom is -0.322 e. The molecule has 19 heavy (non-hydrogen) atoms. The van der Waals surface area contributed by atoms with E-state index in [4.69, 9.17) is 0 Å². The van der Waals surface area contributed by atoms with Crippen molar-refractivity contribution in [2.45, 2.75) is 32.0 Å². The Labute approximate surface area is 110 Å². The van der Waals surface area contributed by atoms with E-state index in [1.54, 1.807) is 10.9 Å². The molecule has 7 nitrogen and oxygen atoms in total. The summed E-state index contributed by atoms with van der Waals surface area (Å²) in [6.07, 6.45) is 4.21. The minimum atomic E-state index is -0.724.